The van der Waals surface area contributed by atoms with Crippen molar-refractivity contribution < 1.29 is 73.2 Å². The molecule has 2 aliphatic carbocycles. The standard InChI is InChI=1S/C43H43ClN4O15/c1-19-37(52)25(47-11-12-61-32(17-47)60-3)14-31(62-19)63-27-16-43(58,28(18-49)45-46-42(57)20-7-8-24(23(44)13-20)48-29(50)9-10-30(48)51)15-22-34(27)41(56)36-35(39(22)54)38(53)21-5-4-6-26(59-2)33(21)40(36)55/h4-10,13,19,25,27,31-32,37,49,52,54,56,58H,11-12,14-18H2,1-3H3,(H,46,57)/b45-28+/t19-,25?,27-,31-,32+,37+,43-/m0/s1. The van der Waals surface area contributed by atoms with E-state index in [1.165, 1.54) is 50.6 Å². The molecule has 0 spiro atoms. The molecule has 1 unspecified atom stereocenters. The van der Waals surface area contributed by atoms with Crippen LogP contribution in [0.15, 0.2) is 53.7 Å². The van der Waals surface area contributed by atoms with E-state index >= 15 is 0 Å². The highest BCUT2D eigenvalue weighted by molar-refractivity contribution is 6.37. The molecule has 3 aromatic rings. The molecule has 0 radical (unpaired) electrons. The summed E-state index contributed by atoms with van der Waals surface area (Å²) in [7, 11) is 2.81. The van der Waals surface area contributed by atoms with Crippen molar-refractivity contribution in [1.82, 2.24) is 10.3 Å². The minimum absolute atomic E-state index is 0.0309. The lowest BCUT2D eigenvalue weighted by atomic mass is 9.71. The van der Waals surface area contributed by atoms with Crippen molar-refractivity contribution in [3.05, 3.63) is 92.5 Å². The second-order valence-corrected chi connectivity index (χ2v) is 16.1. The second kappa shape index (κ2) is 17.2. The number of phenols is 2. The summed E-state index contributed by atoms with van der Waals surface area (Å²) < 4.78 is 29.1. The number of carbonyl (C=O) groups is 5. The molecule has 2 saturated heterocycles. The molecule has 7 atom stereocenters. The Bertz CT molecular complexity index is 2480. The molecule has 3 aliphatic heterocycles. The molecule has 0 saturated carbocycles. The third-order valence-corrected chi connectivity index (χ3v) is 12.4. The summed E-state index contributed by atoms with van der Waals surface area (Å²) in [5, 5.41) is 62.5. The van der Waals surface area contributed by atoms with Crippen LogP contribution in [-0.4, -0.2) is 142 Å². The normalized spacial score (nSPS) is 27.3. The molecule has 5 aliphatic rings. The first-order valence-corrected chi connectivity index (χ1v) is 20.3. The summed E-state index contributed by atoms with van der Waals surface area (Å²) in [6.45, 7) is 1.77. The largest absolute Gasteiger partial charge is 0.507 e. The second-order valence-electron chi connectivity index (χ2n) is 15.7. The highest BCUT2D eigenvalue weighted by Gasteiger charge is 2.50. The van der Waals surface area contributed by atoms with Gasteiger partial charge in [-0.2, -0.15) is 5.10 Å². The van der Waals surface area contributed by atoms with E-state index in [0.717, 1.165) is 17.1 Å². The van der Waals surface area contributed by atoms with Crippen LogP contribution >= 0.6 is 11.6 Å². The van der Waals surface area contributed by atoms with Crippen LogP contribution in [0.5, 0.6) is 17.2 Å². The number of rotatable bonds is 10. The summed E-state index contributed by atoms with van der Waals surface area (Å²) in [4.78, 5) is 68.9. The topological polar surface area (TPSA) is 264 Å². The van der Waals surface area contributed by atoms with Gasteiger partial charge in [-0.1, -0.05) is 23.7 Å². The number of anilines is 1. The lowest BCUT2D eigenvalue weighted by Gasteiger charge is -2.47. The first-order chi connectivity index (χ1) is 30.1. The average Bonchev–Trinajstić information content (AvgIpc) is 3.60. The van der Waals surface area contributed by atoms with Gasteiger partial charge >= 0.3 is 0 Å². The Morgan fingerprint density at radius 2 is 1.75 bits per heavy atom. The van der Waals surface area contributed by atoms with Gasteiger partial charge in [0.15, 0.2) is 18.4 Å². The van der Waals surface area contributed by atoms with E-state index in [4.69, 9.17) is 35.3 Å². The third-order valence-electron chi connectivity index (χ3n) is 12.1. The number of ketones is 2. The molecule has 3 heterocycles. The fourth-order valence-electron chi connectivity index (χ4n) is 8.93. The number of carbonyl (C=O) groups excluding carboxylic acids is 5. The Kier molecular flexibility index (Phi) is 12.0. The average molecular weight is 891 g/mol. The Morgan fingerprint density at radius 1 is 1.02 bits per heavy atom. The lowest BCUT2D eigenvalue weighted by Crippen LogP contribution is -2.59. The maximum atomic E-state index is 14.2. The zero-order valence-corrected chi connectivity index (χ0v) is 34.8. The predicted octanol–water partition coefficient (Wildman–Crippen LogP) is 1.65. The van der Waals surface area contributed by atoms with E-state index in [0.29, 0.717) is 19.7 Å². The number of imide groups is 1. The quantitative estimate of drug-likeness (QED) is 0.0572. The van der Waals surface area contributed by atoms with Gasteiger partial charge in [-0.3, -0.25) is 28.9 Å². The molecule has 0 bridgehead atoms. The van der Waals surface area contributed by atoms with E-state index < -0.39 is 120 Å². The van der Waals surface area contributed by atoms with Gasteiger partial charge < -0.3 is 49.2 Å². The number of fused-ring (bicyclic) bond motifs is 3. The van der Waals surface area contributed by atoms with Gasteiger partial charge in [0.25, 0.3) is 17.7 Å². The van der Waals surface area contributed by atoms with Crippen molar-refractivity contribution in [2.45, 2.75) is 68.7 Å². The van der Waals surface area contributed by atoms with Crippen molar-refractivity contribution in [3.63, 3.8) is 0 Å². The number of nitrogens with zero attached hydrogens (tertiary/aromatic N) is 3. The lowest BCUT2D eigenvalue weighted by molar-refractivity contribution is -0.265. The minimum Gasteiger partial charge on any atom is -0.507 e. The van der Waals surface area contributed by atoms with Crippen LogP contribution in [0.4, 0.5) is 5.69 Å². The molecule has 3 aromatic carbocycles. The number of halogens is 1. The molecule has 332 valence electrons. The number of hydrogen-bond acceptors (Lipinski definition) is 17. The molecular formula is C43H43ClN4O15. The van der Waals surface area contributed by atoms with Crippen LogP contribution in [-0.2, 0) is 35.0 Å². The molecule has 6 N–H and O–H groups in total. The van der Waals surface area contributed by atoms with Gasteiger partial charge in [-0.15, -0.1) is 0 Å². The number of aliphatic hydroxyl groups excluding tert-OH is 2. The summed E-state index contributed by atoms with van der Waals surface area (Å²) in [5.41, 5.74) is -2.14. The highest BCUT2D eigenvalue weighted by atomic mass is 35.5. The van der Waals surface area contributed by atoms with Crippen LogP contribution < -0.4 is 15.1 Å². The number of benzene rings is 3. The number of hydrogen-bond donors (Lipinski definition) is 6. The van der Waals surface area contributed by atoms with E-state index in [-0.39, 0.29) is 50.7 Å². The Morgan fingerprint density at radius 3 is 2.43 bits per heavy atom. The number of methoxy groups -OCH3 is 2. The van der Waals surface area contributed by atoms with Gasteiger partial charge in [0.05, 0.1) is 71.7 Å². The van der Waals surface area contributed by atoms with Crippen LogP contribution in [0.2, 0.25) is 5.02 Å². The number of hydrazone groups is 1. The summed E-state index contributed by atoms with van der Waals surface area (Å²) >= 11 is 6.37. The fourth-order valence-corrected chi connectivity index (χ4v) is 9.20. The molecule has 63 heavy (non-hydrogen) atoms. The van der Waals surface area contributed by atoms with E-state index in [2.05, 4.69) is 10.5 Å². The van der Waals surface area contributed by atoms with Crippen molar-refractivity contribution in [2.24, 2.45) is 5.10 Å². The molecule has 0 aromatic heterocycles. The van der Waals surface area contributed by atoms with Gasteiger partial charge in [-0.05, 0) is 31.2 Å². The molecule has 2 fully saturated rings. The maximum absolute atomic E-state index is 14.2. The number of nitrogens with one attached hydrogen (secondary N) is 1. The minimum atomic E-state index is -2.28. The van der Waals surface area contributed by atoms with Gasteiger partial charge in [0.1, 0.15) is 22.8 Å². The number of ether oxygens (including phenoxy) is 5. The van der Waals surface area contributed by atoms with Gasteiger partial charge in [0, 0.05) is 79.9 Å². The molecular weight excluding hydrogens is 848 g/mol. The van der Waals surface area contributed by atoms with Crippen molar-refractivity contribution in [3.8, 4) is 17.2 Å². The van der Waals surface area contributed by atoms with E-state index in [1.54, 1.807) is 6.92 Å². The first-order valence-electron chi connectivity index (χ1n) is 19.9. The fraction of sp³-hybridized carbons (Fsp3) is 0.395. The Hall–Kier alpha value is -5.61. The third kappa shape index (κ3) is 7.68. The Labute approximate surface area is 364 Å². The number of phenolic OH excluding ortho intramolecular Hbond substituents is 2. The number of aliphatic hydroxyl groups is 3. The number of aromatic hydroxyl groups is 2. The summed E-state index contributed by atoms with van der Waals surface area (Å²) in [5.74, 6) is -5.15. The zero-order valence-electron chi connectivity index (χ0n) is 34.1. The first kappa shape index (κ1) is 44.0. The zero-order chi connectivity index (χ0) is 45.1. The maximum Gasteiger partial charge on any atom is 0.271 e. The van der Waals surface area contributed by atoms with Crippen LogP contribution in [0.3, 0.4) is 0 Å². The smallest absolute Gasteiger partial charge is 0.271 e. The molecule has 3 amide bonds. The van der Waals surface area contributed by atoms with E-state index in [9.17, 15) is 49.5 Å². The number of morpholine rings is 1. The van der Waals surface area contributed by atoms with Crippen molar-refractivity contribution in [1.29, 1.82) is 0 Å². The molecule has 20 heteroatoms. The van der Waals surface area contributed by atoms with Crippen LogP contribution in [0.25, 0.3) is 0 Å². The monoisotopic (exact) mass is 890 g/mol. The highest BCUT2D eigenvalue weighted by Crippen LogP contribution is 2.53. The number of amides is 3. The van der Waals surface area contributed by atoms with E-state index in [1.807, 2.05) is 4.90 Å². The summed E-state index contributed by atoms with van der Waals surface area (Å²) in [6.07, 6.45) is -3.86. The van der Waals surface area contributed by atoms with Gasteiger partial charge in [-0.25, -0.2) is 10.3 Å². The van der Waals surface area contributed by atoms with Crippen molar-refractivity contribution in [2.75, 3.05) is 45.4 Å². The SMILES string of the molecule is COc1cccc2c1C(=O)c1c(O)c3c(c(O)c1C2=O)C[C@@](O)(/C(CO)=N/NC(=O)c1ccc(N2C(=O)C=CC2=O)c(Cl)c1)C[C@@H]3O[C@H]1CC(N2CCO[C@@H](OC)C2)[C@H](O)[C@H](C)O1. The summed E-state index contributed by atoms with van der Waals surface area (Å²) in [6, 6.07) is 7.53. The van der Waals surface area contributed by atoms with Crippen LogP contribution in [0.1, 0.15) is 79.2 Å². The van der Waals surface area contributed by atoms with Crippen LogP contribution in [0, 0.1) is 0 Å². The van der Waals surface area contributed by atoms with Gasteiger partial charge in [0.2, 0.25) is 5.78 Å². The predicted molar refractivity (Wildman–Crippen MR) is 219 cm³/mol. The molecule has 8 rings (SSSR count). The molecule has 19 nitrogen and oxygen atoms in total. The van der Waals surface area contributed by atoms with Crippen molar-refractivity contribution >= 4 is 52.3 Å². The Balaban J connectivity index is 1.16.